The molecule has 0 saturated carbocycles. The van der Waals surface area contributed by atoms with Crippen LogP contribution in [0.4, 0.5) is 0 Å². The van der Waals surface area contributed by atoms with Crippen LogP contribution in [0.2, 0.25) is 10.0 Å². The molecule has 0 heterocycles. The predicted molar refractivity (Wildman–Crippen MR) is 103 cm³/mol. The van der Waals surface area contributed by atoms with E-state index in [2.05, 4.69) is 0 Å². The highest BCUT2D eigenvalue weighted by molar-refractivity contribution is 6.31. The van der Waals surface area contributed by atoms with Crippen molar-refractivity contribution in [2.45, 2.75) is 0 Å². The molecule has 2 nitrogen and oxygen atoms in total. The minimum atomic E-state index is -0.0712. The number of hydrogen-bond acceptors (Lipinski definition) is 2. The van der Waals surface area contributed by atoms with Gasteiger partial charge in [0.05, 0.1) is 0 Å². The normalized spacial score (nSPS) is 10.8. The summed E-state index contributed by atoms with van der Waals surface area (Å²) in [6.45, 7) is 0. The molecule has 25 heavy (non-hydrogen) atoms. The van der Waals surface area contributed by atoms with Crippen molar-refractivity contribution in [1.29, 1.82) is 0 Å². The van der Waals surface area contributed by atoms with Crippen LogP contribution < -0.4 is 4.74 Å². The van der Waals surface area contributed by atoms with E-state index in [1.165, 1.54) is 6.08 Å². The molecule has 0 unspecified atom stereocenters. The van der Waals surface area contributed by atoms with Crippen LogP contribution in [0.1, 0.15) is 15.9 Å². The van der Waals surface area contributed by atoms with Gasteiger partial charge in [-0.25, -0.2) is 0 Å². The molecular weight excluding hydrogens is 355 g/mol. The van der Waals surface area contributed by atoms with Crippen LogP contribution in [0, 0.1) is 0 Å². The predicted octanol–water partition coefficient (Wildman–Crippen LogP) is 6.68. The van der Waals surface area contributed by atoms with Gasteiger partial charge in [-0.3, -0.25) is 4.79 Å². The molecule has 0 aliphatic rings. The maximum atomic E-state index is 12.1. The summed E-state index contributed by atoms with van der Waals surface area (Å²) in [6, 6.07) is 21.4. The van der Waals surface area contributed by atoms with Gasteiger partial charge in [-0.2, -0.15) is 0 Å². The highest BCUT2D eigenvalue weighted by Crippen LogP contribution is 2.23. The van der Waals surface area contributed by atoms with E-state index >= 15 is 0 Å². The molecule has 3 rings (SSSR count). The summed E-state index contributed by atoms with van der Waals surface area (Å²) < 4.78 is 5.73. The summed E-state index contributed by atoms with van der Waals surface area (Å²) in [5.74, 6) is 1.35. The van der Waals surface area contributed by atoms with Crippen LogP contribution in [-0.4, -0.2) is 5.78 Å². The lowest BCUT2D eigenvalue weighted by molar-refractivity contribution is 0.104. The number of ketones is 1. The van der Waals surface area contributed by atoms with E-state index < -0.39 is 0 Å². The summed E-state index contributed by atoms with van der Waals surface area (Å²) in [5.41, 5.74) is 1.51. The molecule has 0 N–H and O–H groups in total. The van der Waals surface area contributed by atoms with Crippen molar-refractivity contribution >= 4 is 35.1 Å². The van der Waals surface area contributed by atoms with Crippen LogP contribution in [0.3, 0.4) is 0 Å². The molecule has 3 aromatic rings. The van der Waals surface area contributed by atoms with Crippen molar-refractivity contribution in [3.8, 4) is 11.5 Å². The van der Waals surface area contributed by atoms with Crippen molar-refractivity contribution < 1.29 is 9.53 Å². The number of ether oxygens (including phenoxy) is 1. The van der Waals surface area contributed by atoms with Gasteiger partial charge in [0.1, 0.15) is 11.5 Å². The minimum absolute atomic E-state index is 0.0712. The number of benzene rings is 3. The van der Waals surface area contributed by atoms with Gasteiger partial charge in [0, 0.05) is 15.6 Å². The summed E-state index contributed by atoms with van der Waals surface area (Å²) in [6.07, 6.45) is 3.31. The molecule has 0 aliphatic heterocycles. The van der Waals surface area contributed by atoms with E-state index in [9.17, 15) is 4.79 Å². The van der Waals surface area contributed by atoms with Gasteiger partial charge in [0.15, 0.2) is 5.78 Å². The van der Waals surface area contributed by atoms with Gasteiger partial charge in [-0.1, -0.05) is 41.4 Å². The van der Waals surface area contributed by atoms with Gasteiger partial charge in [-0.15, -0.1) is 0 Å². The summed E-state index contributed by atoms with van der Waals surface area (Å²) >= 11 is 11.7. The van der Waals surface area contributed by atoms with E-state index in [1.807, 2.05) is 24.3 Å². The molecule has 0 bridgehead atoms. The van der Waals surface area contributed by atoms with Crippen LogP contribution in [-0.2, 0) is 0 Å². The van der Waals surface area contributed by atoms with E-state index in [-0.39, 0.29) is 5.78 Å². The van der Waals surface area contributed by atoms with Crippen molar-refractivity contribution in [1.82, 2.24) is 0 Å². The van der Waals surface area contributed by atoms with Crippen LogP contribution in [0.25, 0.3) is 6.08 Å². The first-order valence-corrected chi connectivity index (χ1v) is 8.37. The minimum Gasteiger partial charge on any atom is -0.457 e. The third-order valence-corrected chi connectivity index (χ3v) is 3.99. The zero-order chi connectivity index (χ0) is 17.6. The maximum Gasteiger partial charge on any atom is 0.185 e. The van der Waals surface area contributed by atoms with E-state index in [4.69, 9.17) is 27.9 Å². The Kier molecular flexibility index (Phi) is 5.54. The molecule has 0 amide bonds. The fraction of sp³-hybridized carbons (Fsp3) is 0. The van der Waals surface area contributed by atoms with Crippen LogP contribution >= 0.6 is 23.2 Å². The summed E-state index contributed by atoms with van der Waals surface area (Å²) in [5, 5.41) is 1.27. The second-order valence-electron chi connectivity index (χ2n) is 5.33. The monoisotopic (exact) mass is 368 g/mol. The van der Waals surface area contributed by atoms with E-state index in [0.717, 1.165) is 5.56 Å². The zero-order valence-electron chi connectivity index (χ0n) is 13.2. The summed E-state index contributed by atoms with van der Waals surface area (Å²) in [7, 11) is 0. The Morgan fingerprint density at radius 1 is 0.720 bits per heavy atom. The third-order valence-electron chi connectivity index (χ3n) is 3.49. The standard InChI is InChI=1S/C21H14Cl2O2/c22-17-6-4-16(5-7-17)21(24)14-3-15-1-10-19(11-2-15)25-20-12-8-18(23)9-13-20/h1-14H/b14-3+. The maximum absolute atomic E-state index is 12.1. The van der Waals surface area contributed by atoms with E-state index in [0.29, 0.717) is 27.1 Å². The molecule has 0 fully saturated rings. The first kappa shape index (κ1) is 17.3. The lowest BCUT2D eigenvalue weighted by atomic mass is 10.1. The third kappa shape index (κ3) is 4.96. The molecule has 0 spiro atoms. The molecule has 3 aromatic carbocycles. The Morgan fingerprint density at radius 3 is 1.76 bits per heavy atom. The van der Waals surface area contributed by atoms with Crippen molar-refractivity contribution in [3.05, 3.63) is 100 Å². The fourth-order valence-electron chi connectivity index (χ4n) is 2.17. The van der Waals surface area contributed by atoms with E-state index in [1.54, 1.807) is 54.6 Å². The SMILES string of the molecule is O=C(/C=C/c1ccc(Oc2ccc(Cl)cc2)cc1)c1ccc(Cl)cc1. The highest BCUT2D eigenvalue weighted by Gasteiger charge is 2.01. The molecule has 0 aromatic heterocycles. The lowest BCUT2D eigenvalue weighted by Crippen LogP contribution is -1.93. The van der Waals surface area contributed by atoms with Crippen molar-refractivity contribution in [2.75, 3.05) is 0 Å². The molecule has 0 radical (unpaired) electrons. The molecule has 0 aliphatic carbocycles. The van der Waals surface area contributed by atoms with Gasteiger partial charge < -0.3 is 4.74 Å². The average molecular weight is 369 g/mol. The topological polar surface area (TPSA) is 26.3 Å². The van der Waals surface area contributed by atoms with Gasteiger partial charge in [0.25, 0.3) is 0 Å². The van der Waals surface area contributed by atoms with Crippen LogP contribution in [0.5, 0.6) is 11.5 Å². The first-order valence-electron chi connectivity index (χ1n) is 7.62. The number of halogens is 2. The number of carbonyl (C=O) groups is 1. The Balaban J connectivity index is 1.64. The number of carbonyl (C=O) groups excluding carboxylic acids is 1. The quantitative estimate of drug-likeness (QED) is 0.370. The largest absolute Gasteiger partial charge is 0.457 e. The fourth-order valence-corrected chi connectivity index (χ4v) is 2.42. The Labute approximate surface area is 156 Å². The summed E-state index contributed by atoms with van der Waals surface area (Å²) in [4.78, 5) is 12.1. The smallest absolute Gasteiger partial charge is 0.185 e. The number of rotatable bonds is 5. The number of hydrogen-bond donors (Lipinski definition) is 0. The Morgan fingerprint density at radius 2 is 1.20 bits per heavy atom. The van der Waals surface area contributed by atoms with Gasteiger partial charge in [-0.05, 0) is 72.3 Å². The van der Waals surface area contributed by atoms with Gasteiger partial charge in [0.2, 0.25) is 0 Å². The highest BCUT2D eigenvalue weighted by atomic mass is 35.5. The molecule has 124 valence electrons. The van der Waals surface area contributed by atoms with Gasteiger partial charge >= 0.3 is 0 Å². The average Bonchev–Trinajstić information content (AvgIpc) is 2.63. The molecular formula is C21H14Cl2O2. The molecule has 4 heteroatoms. The Hall–Kier alpha value is -2.55. The lowest BCUT2D eigenvalue weighted by Gasteiger charge is -2.05. The second kappa shape index (κ2) is 8.02. The van der Waals surface area contributed by atoms with Crippen LogP contribution in [0.15, 0.2) is 78.9 Å². The first-order chi connectivity index (χ1) is 12.1. The van der Waals surface area contributed by atoms with Crippen molar-refractivity contribution in [2.24, 2.45) is 0 Å². The Bertz CT molecular complexity index is 881. The second-order valence-corrected chi connectivity index (χ2v) is 6.20. The molecule has 0 atom stereocenters. The van der Waals surface area contributed by atoms with Crippen molar-refractivity contribution in [3.63, 3.8) is 0 Å². The zero-order valence-corrected chi connectivity index (χ0v) is 14.7. The number of allylic oxidation sites excluding steroid dienone is 1. The molecule has 0 saturated heterocycles.